The van der Waals surface area contributed by atoms with Gasteiger partial charge in [0.2, 0.25) is 0 Å². The number of hydrogen-bond acceptors (Lipinski definition) is 2. The second-order valence-electron chi connectivity index (χ2n) is 5.34. The van der Waals surface area contributed by atoms with Gasteiger partial charge in [-0.3, -0.25) is 0 Å². The lowest BCUT2D eigenvalue weighted by molar-refractivity contribution is 0.130. The number of aromatic nitrogens is 3. The molecule has 0 N–H and O–H groups in total. The fraction of sp³-hybridized carbons (Fsp3) is 0.176. The zero-order valence-corrected chi connectivity index (χ0v) is 13.7. The third-order valence-corrected chi connectivity index (χ3v) is 4.24. The molecule has 0 aliphatic carbocycles. The maximum Gasteiger partial charge on any atom is 0.159 e. The van der Waals surface area contributed by atoms with Crippen LogP contribution in [-0.4, -0.2) is 14.8 Å². The largest absolute Gasteiger partial charge is 0.249 e. The van der Waals surface area contributed by atoms with E-state index >= 15 is 4.39 Å². The lowest BCUT2D eigenvalue weighted by atomic mass is 9.88. The van der Waals surface area contributed by atoms with Gasteiger partial charge in [0.25, 0.3) is 0 Å². The minimum atomic E-state index is -1.66. The fourth-order valence-electron chi connectivity index (χ4n) is 2.52. The molecule has 3 aromatic rings. The van der Waals surface area contributed by atoms with Crippen LogP contribution in [0.1, 0.15) is 11.1 Å². The highest BCUT2D eigenvalue weighted by Crippen LogP contribution is 2.34. The predicted molar refractivity (Wildman–Crippen MR) is 89.4 cm³/mol. The minimum Gasteiger partial charge on any atom is -0.249 e. The highest BCUT2D eigenvalue weighted by molar-refractivity contribution is 6.35. The van der Waals surface area contributed by atoms with E-state index < -0.39 is 5.67 Å². The van der Waals surface area contributed by atoms with E-state index in [0.717, 1.165) is 0 Å². The summed E-state index contributed by atoms with van der Waals surface area (Å²) in [6, 6.07) is 14.1. The van der Waals surface area contributed by atoms with Crippen LogP contribution >= 0.6 is 23.2 Å². The van der Waals surface area contributed by atoms with Crippen molar-refractivity contribution in [3.05, 3.63) is 82.4 Å². The van der Waals surface area contributed by atoms with Crippen LogP contribution in [0.4, 0.5) is 4.39 Å². The average Bonchev–Trinajstić information content (AvgIpc) is 3.04. The summed E-state index contributed by atoms with van der Waals surface area (Å²) >= 11 is 12.1. The third kappa shape index (κ3) is 3.71. The summed E-state index contributed by atoms with van der Waals surface area (Å²) in [4.78, 5) is 3.88. The molecule has 2 aromatic carbocycles. The van der Waals surface area contributed by atoms with Crippen LogP contribution in [0.3, 0.4) is 0 Å². The maximum atomic E-state index is 15.9. The zero-order chi connectivity index (χ0) is 16.3. The van der Waals surface area contributed by atoms with Crippen LogP contribution in [0.2, 0.25) is 10.0 Å². The molecular weight excluding hydrogens is 336 g/mol. The van der Waals surface area contributed by atoms with Crippen molar-refractivity contribution in [1.29, 1.82) is 0 Å². The topological polar surface area (TPSA) is 30.7 Å². The predicted octanol–water partition coefficient (Wildman–Crippen LogP) is 4.69. The molecule has 118 valence electrons. The molecule has 0 bridgehead atoms. The number of rotatable bonds is 5. The second kappa shape index (κ2) is 6.69. The average molecular weight is 350 g/mol. The third-order valence-electron chi connectivity index (χ3n) is 3.66. The Morgan fingerprint density at radius 2 is 1.87 bits per heavy atom. The molecule has 0 fully saturated rings. The highest BCUT2D eigenvalue weighted by Gasteiger charge is 2.34. The number of nitrogens with zero attached hydrogens (tertiary/aromatic N) is 3. The molecule has 0 radical (unpaired) electrons. The lowest BCUT2D eigenvalue weighted by Crippen LogP contribution is -2.30. The van der Waals surface area contributed by atoms with Crippen LogP contribution < -0.4 is 0 Å². The van der Waals surface area contributed by atoms with Gasteiger partial charge in [0.1, 0.15) is 12.7 Å². The normalized spacial score (nSPS) is 13.7. The Labute approximate surface area is 143 Å². The van der Waals surface area contributed by atoms with Crippen LogP contribution in [0.5, 0.6) is 0 Å². The molecule has 3 rings (SSSR count). The summed E-state index contributed by atoms with van der Waals surface area (Å²) in [5.41, 5.74) is -0.393. The Hall–Kier alpha value is -1.91. The van der Waals surface area contributed by atoms with Crippen LogP contribution in [0.15, 0.2) is 61.2 Å². The van der Waals surface area contributed by atoms with Gasteiger partial charge in [-0.1, -0.05) is 59.6 Å². The summed E-state index contributed by atoms with van der Waals surface area (Å²) in [6.45, 7) is 0.0516. The molecule has 3 nitrogen and oxygen atoms in total. The van der Waals surface area contributed by atoms with Gasteiger partial charge >= 0.3 is 0 Å². The molecule has 1 heterocycles. The van der Waals surface area contributed by atoms with Gasteiger partial charge in [0, 0.05) is 16.5 Å². The van der Waals surface area contributed by atoms with Crippen molar-refractivity contribution in [1.82, 2.24) is 14.8 Å². The Balaban J connectivity index is 1.98. The Bertz CT molecular complexity index is 778. The first kappa shape index (κ1) is 16.0. The van der Waals surface area contributed by atoms with Crippen LogP contribution in [0, 0.1) is 0 Å². The molecule has 0 aliphatic heterocycles. The first-order chi connectivity index (χ1) is 11.1. The van der Waals surface area contributed by atoms with Crippen molar-refractivity contribution in [3.63, 3.8) is 0 Å². The molecule has 1 unspecified atom stereocenters. The molecule has 1 atom stereocenters. The summed E-state index contributed by atoms with van der Waals surface area (Å²) in [5, 5.41) is 5.00. The number of hydrogen-bond donors (Lipinski definition) is 0. The zero-order valence-electron chi connectivity index (χ0n) is 12.2. The van der Waals surface area contributed by atoms with E-state index in [0.29, 0.717) is 21.2 Å². The van der Waals surface area contributed by atoms with E-state index in [1.807, 2.05) is 18.2 Å². The van der Waals surface area contributed by atoms with E-state index in [1.54, 1.807) is 30.3 Å². The summed E-state index contributed by atoms with van der Waals surface area (Å²) in [7, 11) is 0. The van der Waals surface area contributed by atoms with Crippen LogP contribution in [-0.2, 0) is 18.6 Å². The molecule has 0 amide bonds. The standard InChI is InChI=1S/C17H14Cl2FN3/c18-15-7-6-13(16(19)8-15)9-17(20,10-23-12-21-11-22-23)14-4-2-1-3-5-14/h1-8,11-12H,9-10H2. The smallest absolute Gasteiger partial charge is 0.159 e. The SMILES string of the molecule is FC(Cc1ccc(Cl)cc1Cl)(Cn1cncn1)c1ccccc1. The molecule has 1 aromatic heterocycles. The van der Waals surface area contributed by atoms with Gasteiger partial charge in [0.05, 0.1) is 6.54 Å². The first-order valence-electron chi connectivity index (χ1n) is 7.08. The Morgan fingerprint density at radius 3 is 2.52 bits per heavy atom. The fourth-order valence-corrected chi connectivity index (χ4v) is 3.00. The molecule has 0 aliphatic rings. The first-order valence-corrected chi connectivity index (χ1v) is 7.83. The van der Waals surface area contributed by atoms with Crippen molar-refractivity contribution in [2.45, 2.75) is 18.6 Å². The molecular formula is C17H14Cl2FN3. The highest BCUT2D eigenvalue weighted by atomic mass is 35.5. The van der Waals surface area contributed by atoms with E-state index in [1.165, 1.54) is 17.3 Å². The lowest BCUT2D eigenvalue weighted by Gasteiger charge is -2.26. The van der Waals surface area contributed by atoms with Gasteiger partial charge in [-0.05, 0) is 23.3 Å². The summed E-state index contributed by atoms with van der Waals surface area (Å²) in [5.74, 6) is 0. The van der Waals surface area contributed by atoms with E-state index in [4.69, 9.17) is 23.2 Å². The van der Waals surface area contributed by atoms with E-state index in [9.17, 15) is 0 Å². The van der Waals surface area contributed by atoms with Crippen molar-refractivity contribution in [2.75, 3.05) is 0 Å². The van der Waals surface area contributed by atoms with Crippen molar-refractivity contribution in [2.24, 2.45) is 0 Å². The van der Waals surface area contributed by atoms with Crippen molar-refractivity contribution < 1.29 is 4.39 Å². The quantitative estimate of drug-likeness (QED) is 0.668. The number of alkyl halides is 1. The van der Waals surface area contributed by atoms with Crippen LogP contribution in [0.25, 0.3) is 0 Å². The second-order valence-corrected chi connectivity index (χ2v) is 6.18. The minimum absolute atomic E-state index is 0.0516. The van der Waals surface area contributed by atoms with Gasteiger partial charge < -0.3 is 0 Å². The van der Waals surface area contributed by atoms with Gasteiger partial charge in [-0.15, -0.1) is 0 Å². The molecule has 0 spiro atoms. The Morgan fingerprint density at radius 1 is 1.09 bits per heavy atom. The molecule has 23 heavy (non-hydrogen) atoms. The summed E-state index contributed by atoms with van der Waals surface area (Å²) < 4.78 is 17.4. The van der Waals surface area contributed by atoms with Crippen molar-refractivity contribution in [3.8, 4) is 0 Å². The Kier molecular flexibility index (Phi) is 4.64. The van der Waals surface area contributed by atoms with Gasteiger partial charge in [0.15, 0.2) is 5.67 Å². The van der Waals surface area contributed by atoms with Gasteiger partial charge in [-0.25, -0.2) is 14.1 Å². The number of halogens is 3. The molecule has 6 heteroatoms. The monoisotopic (exact) mass is 349 g/mol. The van der Waals surface area contributed by atoms with Gasteiger partial charge in [-0.2, -0.15) is 5.10 Å². The molecule has 0 saturated heterocycles. The maximum absolute atomic E-state index is 15.9. The molecule has 0 saturated carbocycles. The van der Waals surface area contributed by atoms with Crippen molar-refractivity contribution >= 4 is 23.2 Å². The van der Waals surface area contributed by atoms with E-state index in [2.05, 4.69) is 10.1 Å². The van der Waals surface area contributed by atoms with E-state index in [-0.39, 0.29) is 13.0 Å². The number of benzene rings is 2. The summed E-state index contributed by atoms with van der Waals surface area (Å²) in [6.07, 6.45) is 3.01.